The number of aliphatic carboxylic acids is 1. The summed E-state index contributed by atoms with van der Waals surface area (Å²) in [4.78, 5) is 103. The number of nitrogens with zero attached hydrogens (tertiary/aromatic N) is 3. The summed E-state index contributed by atoms with van der Waals surface area (Å²) < 4.78 is 5.79. The summed E-state index contributed by atoms with van der Waals surface area (Å²) in [5, 5.41) is 25.2. The van der Waals surface area contributed by atoms with Crippen molar-refractivity contribution in [2.24, 2.45) is 50.7 Å². The Balaban J connectivity index is 1.70. The third kappa shape index (κ3) is 18.4. The van der Waals surface area contributed by atoms with Crippen LogP contribution in [0.5, 0.6) is 5.75 Å². The number of carboxylic acids is 1. The van der Waals surface area contributed by atoms with Crippen molar-refractivity contribution in [3.8, 4) is 5.75 Å². The molecule has 0 aromatic heterocycles. The lowest BCUT2D eigenvalue weighted by Crippen LogP contribution is -2.60. The van der Waals surface area contributed by atoms with Gasteiger partial charge in [-0.3, -0.25) is 43.5 Å². The van der Waals surface area contributed by atoms with Crippen molar-refractivity contribution in [1.29, 1.82) is 0 Å². The number of hydrogen-bond acceptors (Lipinski definition) is 10. The molecule has 1 aliphatic rings. The van der Waals surface area contributed by atoms with Crippen LogP contribution in [0.4, 0.5) is 0 Å². The molecule has 1 fully saturated rings. The van der Waals surface area contributed by atoms with Gasteiger partial charge in [0, 0.05) is 38.6 Å². The van der Waals surface area contributed by atoms with Crippen LogP contribution in [0.3, 0.4) is 0 Å². The van der Waals surface area contributed by atoms with Crippen LogP contribution in [0.15, 0.2) is 52.4 Å². The first-order chi connectivity index (χ1) is 31.4. The van der Waals surface area contributed by atoms with Gasteiger partial charge >= 0.3 is 5.97 Å². The van der Waals surface area contributed by atoms with E-state index in [2.05, 4.69) is 36.6 Å². The Morgan fingerprint density at radius 3 is 1.89 bits per heavy atom. The first kappa shape index (κ1) is 53.7. The Morgan fingerprint density at radius 1 is 0.742 bits per heavy atom. The molecule has 0 radical (unpaired) electrons. The van der Waals surface area contributed by atoms with E-state index in [9.17, 15) is 38.7 Å². The van der Waals surface area contributed by atoms with Gasteiger partial charge in [-0.15, -0.1) is 0 Å². The second-order valence-corrected chi connectivity index (χ2v) is 16.8. The second kappa shape index (κ2) is 27.6. The lowest BCUT2D eigenvalue weighted by molar-refractivity contribution is -0.141. The predicted octanol–water partition coefficient (Wildman–Crippen LogP) is 0.187. The molecule has 6 amide bonds. The number of amides is 6. The number of fused-ring (bicyclic) bond motifs is 1. The van der Waals surface area contributed by atoms with Gasteiger partial charge in [0.1, 0.15) is 29.9 Å². The molecule has 0 saturated carbocycles. The number of nitrogens with one attached hydrogen (secondary N) is 5. The van der Waals surface area contributed by atoms with Crippen LogP contribution >= 0.6 is 0 Å². The molecule has 21 heteroatoms. The average Bonchev–Trinajstić information content (AvgIpc) is 3.29. The highest BCUT2D eigenvalue weighted by molar-refractivity contribution is 5.97. The lowest BCUT2D eigenvalue weighted by atomic mass is 9.94. The van der Waals surface area contributed by atoms with E-state index in [1.807, 2.05) is 50.2 Å². The summed E-state index contributed by atoms with van der Waals surface area (Å²) >= 11 is 0. The number of piperidine rings is 1. The van der Waals surface area contributed by atoms with Gasteiger partial charge in [-0.1, -0.05) is 70.9 Å². The number of carboxylic acid groups (broad SMARTS) is 1. The number of ether oxygens (including phenoxy) is 1. The number of carbonyl (C=O) groups is 7. The summed E-state index contributed by atoms with van der Waals surface area (Å²) in [6, 6.07) is 8.23. The molecule has 1 heterocycles. The number of guanidine groups is 2. The quantitative estimate of drug-likeness (QED) is 0.0325. The Bertz CT molecular complexity index is 2020. The Labute approximate surface area is 386 Å². The SMILES string of the molecule is CC[C@H](C)CNC(=O)[C@H](CCCN=C(N)N)NC(=O)[C@H](CC(=O)O)NC(=O)[C@@H](NC(=O)[C@H](CCCN=C(N)N)NC(=O)C1CCN(C(=O)COc2ccc3ccccc3c2)CC1)[C@@H](C)CC. The van der Waals surface area contributed by atoms with Gasteiger partial charge in [-0.05, 0) is 73.3 Å². The highest BCUT2D eigenvalue weighted by Crippen LogP contribution is 2.22. The summed E-state index contributed by atoms with van der Waals surface area (Å²) in [5.41, 5.74) is 21.8. The highest BCUT2D eigenvalue weighted by Gasteiger charge is 2.35. The molecule has 21 nitrogen and oxygen atoms in total. The van der Waals surface area contributed by atoms with Gasteiger partial charge in [-0.25, -0.2) is 0 Å². The van der Waals surface area contributed by atoms with E-state index in [1.165, 1.54) is 0 Å². The molecule has 0 bridgehead atoms. The average molecular weight is 923 g/mol. The maximum Gasteiger partial charge on any atom is 0.305 e. The number of benzene rings is 2. The van der Waals surface area contributed by atoms with E-state index in [4.69, 9.17) is 27.7 Å². The van der Waals surface area contributed by atoms with Crippen molar-refractivity contribution < 1.29 is 43.4 Å². The van der Waals surface area contributed by atoms with Crippen LogP contribution in [-0.2, 0) is 33.6 Å². The van der Waals surface area contributed by atoms with E-state index in [1.54, 1.807) is 24.8 Å². The minimum Gasteiger partial charge on any atom is -0.484 e. The van der Waals surface area contributed by atoms with Gasteiger partial charge in [0.05, 0.1) is 6.42 Å². The molecule has 14 N–H and O–H groups in total. The van der Waals surface area contributed by atoms with Crippen molar-refractivity contribution in [2.45, 2.75) is 110 Å². The molecule has 0 unspecified atom stereocenters. The van der Waals surface area contributed by atoms with Crippen molar-refractivity contribution in [1.82, 2.24) is 31.5 Å². The summed E-state index contributed by atoms with van der Waals surface area (Å²) in [7, 11) is 0. The number of rotatable bonds is 27. The van der Waals surface area contributed by atoms with Crippen LogP contribution in [0, 0.1) is 17.8 Å². The standard InChI is InChI=1S/C45H70N12O9/c1-5-27(3)25-52-40(62)33(13-9-19-50-44(46)47)54-42(64)35(24-37(59)60)55-43(65)38(28(4)6-2)56-41(63)34(14-10-20-51-45(48)49)53-39(61)30-17-21-57(22-18-30)36(58)26-66-32-16-15-29-11-7-8-12-31(29)23-32/h7-8,11-12,15-16,23,27-28,30,33-35,38H,5-6,9-10,13-14,17-22,24-26H2,1-4H3,(H,52,62)(H,53,61)(H,54,64)(H,55,65)(H,56,63)(H,59,60)(H4,46,47,50)(H4,48,49,51)/t27-,28-,33-,34-,35-,38-/m0/s1. The van der Waals surface area contributed by atoms with Crippen molar-refractivity contribution in [3.63, 3.8) is 0 Å². The molecular weight excluding hydrogens is 853 g/mol. The molecule has 364 valence electrons. The fourth-order valence-corrected chi connectivity index (χ4v) is 7.13. The molecule has 2 aromatic carbocycles. The molecule has 3 rings (SSSR count). The van der Waals surface area contributed by atoms with E-state index in [0.29, 0.717) is 51.1 Å². The Hall–Kier alpha value is -6.67. The largest absolute Gasteiger partial charge is 0.484 e. The molecule has 0 aliphatic carbocycles. The molecule has 1 aliphatic heterocycles. The van der Waals surface area contributed by atoms with Crippen LogP contribution in [-0.4, -0.2) is 127 Å². The third-order valence-electron chi connectivity index (χ3n) is 11.6. The first-order valence-corrected chi connectivity index (χ1v) is 22.6. The minimum absolute atomic E-state index is 0.0837. The van der Waals surface area contributed by atoms with Crippen molar-refractivity contribution >= 4 is 64.1 Å². The molecular formula is C45H70N12O9. The van der Waals surface area contributed by atoms with Crippen LogP contribution in [0.1, 0.15) is 85.5 Å². The highest BCUT2D eigenvalue weighted by atomic mass is 16.5. The zero-order valence-electron chi connectivity index (χ0n) is 38.6. The summed E-state index contributed by atoms with van der Waals surface area (Å²) in [6.45, 7) is 8.45. The fourth-order valence-electron chi connectivity index (χ4n) is 7.13. The lowest BCUT2D eigenvalue weighted by Gasteiger charge is -2.32. The molecule has 0 spiro atoms. The van der Waals surface area contributed by atoms with Gasteiger partial charge in [0.2, 0.25) is 29.5 Å². The molecule has 1 saturated heterocycles. The van der Waals surface area contributed by atoms with E-state index < -0.39 is 77.9 Å². The first-order valence-electron chi connectivity index (χ1n) is 22.6. The zero-order chi connectivity index (χ0) is 48.8. The van der Waals surface area contributed by atoms with Gasteiger partial charge < -0.3 is 64.3 Å². The van der Waals surface area contributed by atoms with Crippen LogP contribution < -0.4 is 54.3 Å². The number of aliphatic imine (C=N–C) groups is 2. The van der Waals surface area contributed by atoms with E-state index >= 15 is 0 Å². The second-order valence-electron chi connectivity index (χ2n) is 16.8. The fraction of sp³-hybridized carbons (Fsp3) is 0.578. The maximum absolute atomic E-state index is 14.0. The normalized spacial score (nSPS) is 15.4. The maximum atomic E-state index is 14.0. The topological polar surface area (TPSA) is 341 Å². The van der Waals surface area contributed by atoms with Gasteiger partial charge in [0.15, 0.2) is 18.5 Å². The Morgan fingerprint density at radius 2 is 1.32 bits per heavy atom. The number of carbonyl (C=O) groups excluding carboxylic acids is 6. The van der Waals surface area contributed by atoms with E-state index in [0.717, 1.165) is 17.2 Å². The van der Waals surface area contributed by atoms with Gasteiger partial charge in [0.25, 0.3) is 5.91 Å². The predicted molar refractivity (Wildman–Crippen MR) is 250 cm³/mol. The van der Waals surface area contributed by atoms with Gasteiger partial charge in [-0.2, -0.15) is 0 Å². The van der Waals surface area contributed by atoms with Crippen molar-refractivity contribution in [3.05, 3.63) is 42.5 Å². The molecule has 66 heavy (non-hydrogen) atoms. The van der Waals surface area contributed by atoms with E-state index in [-0.39, 0.29) is 62.7 Å². The molecule has 6 atom stereocenters. The monoisotopic (exact) mass is 923 g/mol. The molecule has 2 aromatic rings. The van der Waals surface area contributed by atoms with Crippen LogP contribution in [0.25, 0.3) is 10.8 Å². The van der Waals surface area contributed by atoms with Crippen LogP contribution in [0.2, 0.25) is 0 Å². The Kier molecular flexibility index (Phi) is 22.5. The zero-order valence-corrected chi connectivity index (χ0v) is 38.6. The summed E-state index contributed by atoms with van der Waals surface area (Å²) in [6.07, 6.45) is 1.76. The summed E-state index contributed by atoms with van der Waals surface area (Å²) in [5.74, 6) is -5.67. The smallest absolute Gasteiger partial charge is 0.305 e. The minimum atomic E-state index is -1.64. The third-order valence-corrected chi connectivity index (χ3v) is 11.6. The van der Waals surface area contributed by atoms with Crippen molar-refractivity contribution in [2.75, 3.05) is 39.3 Å². The number of hydrogen-bond donors (Lipinski definition) is 10. The number of likely N-dealkylation sites (tertiary alicyclic amines) is 1. The number of nitrogens with two attached hydrogens (primary N) is 4.